The summed E-state index contributed by atoms with van der Waals surface area (Å²) in [5.41, 5.74) is 0.529. The number of ether oxygens (including phenoxy) is 2. The van der Waals surface area contributed by atoms with Gasteiger partial charge in [0.05, 0.1) is 12.5 Å². The maximum Gasteiger partial charge on any atom is 0.312 e. The smallest absolute Gasteiger partial charge is 0.312 e. The molecular formula is C22H26N2O4. The molecule has 0 unspecified atom stereocenters. The lowest BCUT2D eigenvalue weighted by atomic mass is 9.49. The van der Waals surface area contributed by atoms with Crippen LogP contribution in [-0.2, 0) is 9.53 Å². The van der Waals surface area contributed by atoms with Gasteiger partial charge < -0.3 is 13.9 Å². The average Bonchev–Trinajstić information content (AvgIpc) is 3.17. The van der Waals surface area contributed by atoms with Gasteiger partial charge in [-0.1, -0.05) is 0 Å². The third-order valence-corrected chi connectivity index (χ3v) is 6.88. The van der Waals surface area contributed by atoms with Crippen LogP contribution in [0.2, 0.25) is 0 Å². The standard InChI is InChI=1S/C22H26N2O4/c1-13(19-23-24-20(28-19)17-3-5-18(26-2)6-4-17)27-21(25)22-10-14-7-15(11-22)9-16(8-14)12-22/h3-6,13-16H,7-12H2,1-2H3/t13-,14?,15?,16?,22?/m1/s1. The van der Waals surface area contributed by atoms with E-state index in [1.807, 2.05) is 31.2 Å². The molecule has 0 aliphatic heterocycles. The molecule has 2 aromatic rings. The molecule has 0 amide bonds. The number of esters is 1. The monoisotopic (exact) mass is 382 g/mol. The minimum Gasteiger partial charge on any atom is -0.497 e. The number of carbonyl (C=O) groups is 1. The first kappa shape index (κ1) is 17.7. The van der Waals surface area contributed by atoms with Crippen LogP contribution in [-0.4, -0.2) is 23.3 Å². The van der Waals surface area contributed by atoms with E-state index in [1.54, 1.807) is 7.11 Å². The van der Waals surface area contributed by atoms with Gasteiger partial charge in [-0.25, -0.2) is 0 Å². The first-order chi connectivity index (χ1) is 13.5. The summed E-state index contributed by atoms with van der Waals surface area (Å²) in [4.78, 5) is 13.1. The van der Waals surface area contributed by atoms with E-state index < -0.39 is 6.10 Å². The molecule has 0 radical (unpaired) electrons. The Hall–Kier alpha value is -2.37. The molecule has 1 aromatic heterocycles. The Labute approximate surface area is 164 Å². The van der Waals surface area contributed by atoms with Crippen LogP contribution in [0.3, 0.4) is 0 Å². The van der Waals surface area contributed by atoms with Crippen LogP contribution in [0.5, 0.6) is 5.75 Å². The van der Waals surface area contributed by atoms with Crippen molar-refractivity contribution in [3.63, 3.8) is 0 Å². The van der Waals surface area contributed by atoms with Crippen LogP contribution in [0.25, 0.3) is 11.5 Å². The summed E-state index contributed by atoms with van der Waals surface area (Å²) in [7, 11) is 1.62. The Morgan fingerprint density at radius 1 is 1.07 bits per heavy atom. The molecule has 0 spiro atoms. The third-order valence-electron chi connectivity index (χ3n) is 6.88. The molecule has 28 heavy (non-hydrogen) atoms. The van der Waals surface area contributed by atoms with Crippen LogP contribution >= 0.6 is 0 Å². The molecule has 0 N–H and O–H groups in total. The Bertz CT molecular complexity index is 838. The summed E-state index contributed by atoms with van der Waals surface area (Å²) >= 11 is 0. The van der Waals surface area contributed by atoms with Crippen molar-refractivity contribution in [3.05, 3.63) is 30.2 Å². The van der Waals surface area contributed by atoms with E-state index in [0.29, 0.717) is 29.5 Å². The summed E-state index contributed by atoms with van der Waals surface area (Å²) in [6.45, 7) is 1.81. The zero-order valence-corrected chi connectivity index (χ0v) is 16.4. The fourth-order valence-corrected chi connectivity index (χ4v) is 5.95. The topological polar surface area (TPSA) is 74.5 Å². The second-order valence-corrected chi connectivity index (χ2v) is 8.92. The maximum absolute atomic E-state index is 13.1. The lowest BCUT2D eigenvalue weighted by Gasteiger charge is -2.55. The summed E-state index contributed by atoms with van der Waals surface area (Å²) in [6, 6.07) is 7.41. The van der Waals surface area contributed by atoms with Gasteiger partial charge in [-0.05, 0) is 87.5 Å². The zero-order valence-electron chi connectivity index (χ0n) is 16.4. The minimum absolute atomic E-state index is 0.0664. The quantitative estimate of drug-likeness (QED) is 0.706. The molecule has 4 fully saturated rings. The molecule has 4 aliphatic rings. The molecule has 4 saturated carbocycles. The first-order valence-electron chi connectivity index (χ1n) is 10.2. The van der Waals surface area contributed by atoms with E-state index in [2.05, 4.69) is 10.2 Å². The number of aromatic nitrogens is 2. The van der Waals surface area contributed by atoms with Gasteiger partial charge in [0.2, 0.25) is 5.89 Å². The van der Waals surface area contributed by atoms with Gasteiger partial charge in [0, 0.05) is 5.56 Å². The van der Waals surface area contributed by atoms with Crippen molar-refractivity contribution in [2.75, 3.05) is 7.11 Å². The van der Waals surface area contributed by atoms with Crippen LogP contribution in [0, 0.1) is 23.2 Å². The molecule has 0 saturated heterocycles. The summed E-state index contributed by atoms with van der Waals surface area (Å²) < 4.78 is 16.8. The Balaban J connectivity index is 1.29. The van der Waals surface area contributed by atoms with E-state index in [9.17, 15) is 4.79 Å². The molecule has 1 atom stereocenters. The summed E-state index contributed by atoms with van der Waals surface area (Å²) in [6.07, 6.45) is 6.34. The highest BCUT2D eigenvalue weighted by Crippen LogP contribution is 2.60. The van der Waals surface area contributed by atoms with Crippen LogP contribution in [0.4, 0.5) is 0 Å². The number of nitrogens with zero attached hydrogens (tertiary/aromatic N) is 2. The summed E-state index contributed by atoms with van der Waals surface area (Å²) in [5, 5.41) is 8.22. The number of hydrogen-bond acceptors (Lipinski definition) is 6. The Morgan fingerprint density at radius 2 is 1.68 bits per heavy atom. The highest BCUT2D eigenvalue weighted by molar-refractivity contribution is 5.77. The predicted molar refractivity (Wildman–Crippen MR) is 101 cm³/mol. The van der Waals surface area contributed by atoms with E-state index in [4.69, 9.17) is 13.9 Å². The van der Waals surface area contributed by atoms with Crippen molar-refractivity contribution < 1.29 is 18.7 Å². The van der Waals surface area contributed by atoms with Gasteiger partial charge in [-0.2, -0.15) is 0 Å². The van der Waals surface area contributed by atoms with E-state index in [1.165, 1.54) is 19.3 Å². The molecular weight excluding hydrogens is 356 g/mol. The Morgan fingerprint density at radius 3 is 2.25 bits per heavy atom. The lowest BCUT2D eigenvalue weighted by molar-refractivity contribution is -0.177. The van der Waals surface area contributed by atoms with Gasteiger partial charge in [0.15, 0.2) is 6.10 Å². The first-order valence-corrected chi connectivity index (χ1v) is 10.2. The maximum atomic E-state index is 13.1. The van der Waals surface area contributed by atoms with Crippen molar-refractivity contribution >= 4 is 5.97 Å². The van der Waals surface area contributed by atoms with Gasteiger partial charge in [0.25, 0.3) is 5.89 Å². The van der Waals surface area contributed by atoms with Gasteiger partial charge in [-0.15, -0.1) is 10.2 Å². The number of rotatable bonds is 5. The minimum atomic E-state index is -0.542. The summed E-state index contributed by atoms with van der Waals surface area (Å²) in [5.74, 6) is 3.57. The van der Waals surface area contributed by atoms with Crippen LogP contribution in [0.15, 0.2) is 28.7 Å². The molecule has 1 aromatic carbocycles. The fraction of sp³-hybridized carbons (Fsp3) is 0.591. The normalized spacial score (nSPS) is 31.6. The van der Waals surface area contributed by atoms with Crippen molar-refractivity contribution in [1.29, 1.82) is 0 Å². The molecule has 4 aliphatic carbocycles. The SMILES string of the molecule is COc1ccc(-c2nnc([C@@H](C)OC(=O)C34CC5CC(CC(C5)C3)C4)o2)cc1. The lowest BCUT2D eigenvalue weighted by Crippen LogP contribution is -2.50. The van der Waals surface area contributed by atoms with Crippen molar-refractivity contribution in [2.45, 2.75) is 51.6 Å². The molecule has 6 nitrogen and oxygen atoms in total. The number of methoxy groups -OCH3 is 1. The second kappa shape index (κ2) is 6.61. The molecule has 6 heteroatoms. The van der Waals surface area contributed by atoms with Crippen LogP contribution in [0.1, 0.15) is 57.4 Å². The zero-order chi connectivity index (χ0) is 19.3. The van der Waals surface area contributed by atoms with Crippen molar-refractivity contribution in [1.82, 2.24) is 10.2 Å². The van der Waals surface area contributed by atoms with Gasteiger partial charge in [0.1, 0.15) is 5.75 Å². The number of hydrogen-bond donors (Lipinski definition) is 0. The van der Waals surface area contributed by atoms with E-state index >= 15 is 0 Å². The average molecular weight is 382 g/mol. The van der Waals surface area contributed by atoms with Gasteiger partial charge in [-0.3, -0.25) is 4.79 Å². The second-order valence-electron chi connectivity index (χ2n) is 8.92. The van der Waals surface area contributed by atoms with E-state index in [0.717, 1.165) is 30.6 Å². The molecule has 6 rings (SSSR count). The van der Waals surface area contributed by atoms with E-state index in [-0.39, 0.29) is 11.4 Å². The largest absolute Gasteiger partial charge is 0.497 e. The molecule has 148 valence electrons. The third kappa shape index (κ3) is 2.99. The van der Waals surface area contributed by atoms with Gasteiger partial charge >= 0.3 is 5.97 Å². The van der Waals surface area contributed by atoms with Crippen LogP contribution < -0.4 is 4.74 Å². The number of carbonyl (C=O) groups excluding carboxylic acids is 1. The highest BCUT2D eigenvalue weighted by atomic mass is 16.6. The Kier molecular flexibility index (Phi) is 4.18. The van der Waals surface area contributed by atoms with Crippen molar-refractivity contribution in [2.24, 2.45) is 23.2 Å². The molecule has 1 heterocycles. The number of benzene rings is 1. The van der Waals surface area contributed by atoms with Crippen molar-refractivity contribution in [3.8, 4) is 17.2 Å². The predicted octanol–water partition coefficient (Wildman–Crippen LogP) is 4.57. The highest BCUT2D eigenvalue weighted by Gasteiger charge is 2.55. The fourth-order valence-electron chi connectivity index (χ4n) is 5.95. The molecule has 4 bridgehead atoms.